The van der Waals surface area contributed by atoms with Gasteiger partial charge in [0.15, 0.2) is 0 Å². The van der Waals surface area contributed by atoms with E-state index in [-0.39, 0.29) is 0 Å². The first-order valence-electron chi connectivity index (χ1n) is 20.6. The summed E-state index contributed by atoms with van der Waals surface area (Å²) < 4.78 is 8.77. The Hall–Kier alpha value is -7.62. The molecule has 0 unspecified atom stereocenters. The lowest BCUT2D eigenvalue weighted by atomic mass is 9.97. The SMILES string of the molecule is C=Cc1oc(/C(=C\C)c2ccc(N(c3ccc4cc(-c5ccc6c(c5)c5ccccc5n6-c5ccccc5)ccc4c3)c3cccc4ccccc34)cc2)c(C)c1/C=C\C. The number of aromatic nitrogens is 1. The van der Waals surface area contributed by atoms with Gasteiger partial charge in [-0.2, -0.15) is 0 Å². The largest absolute Gasteiger partial charge is 0.456 e. The van der Waals surface area contributed by atoms with E-state index in [2.05, 4.69) is 218 Å². The van der Waals surface area contributed by atoms with Crippen molar-refractivity contribution in [2.45, 2.75) is 20.8 Å². The number of anilines is 3. The van der Waals surface area contributed by atoms with E-state index in [0.29, 0.717) is 0 Å². The molecular weight excluding hydrogens is 729 g/mol. The third-order valence-electron chi connectivity index (χ3n) is 11.8. The Morgan fingerprint density at radius 2 is 1.25 bits per heavy atom. The number of para-hydroxylation sites is 2. The Morgan fingerprint density at radius 3 is 2.05 bits per heavy atom. The van der Waals surface area contributed by atoms with Crippen LogP contribution in [0, 0.1) is 6.92 Å². The van der Waals surface area contributed by atoms with Gasteiger partial charge < -0.3 is 13.9 Å². The lowest BCUT2D eigenvalue weighted by molar-refractivity contribution is 0.541. The highest BCUT2D eigenvalue weighted by atomic mass is 16.3. The predicted octanol–water partition coefficient (Wildman–Crippen LogP) is 16.3. The first-order valence-corrected chi connectivity index (χ1v) is 20.6. The molecule has 0 amide bonds. The first kappa shape index (κ1) is 36.7. The predicted molar refractivity (Wildman–Crippen MR) is 257 cm³/mol. The molecule has 0 fully saturated rings. The summed E-state index contributed by atoms with van der Waals surface area (Å²) in [5.41, 5.74) is 13.6. The fourth-order valence-corrected chi connectivity index (χ4v) is 8.94. The Labute approximate surface area is 351 Å². The van der Waals surface area contributed by atoms with Crippen LogP contribution in [0.2, 0.25) is 0 Å². The highest BCUT2D eigenvalue weighted by Gasteiger charge is 2.20. The molecule has 2 aromatic heterocycles. The molecule has 10 rings (SSSR count). The zero-order chi connectivity index (χ0) is 40.7. The molecule has 0 spiro atoms. The average molecular weight is 773 g/mol. The zero-order valence-corrected chi connectivity index (χ0v) is 34.1. The van der Waals surface area contributed by atoms with Crippen molar-refractivity contribution in [1.82, 2.24) is 4.57 Å². The Balaban J connectivity index is 1.05. The van der Waals surface area contributed by atoms with Crippen LogP contribution in [-0.4, -0.2) is 4.57 Å². The van der Waals surface area contributed by atoms with Crippen LogP contribution >= 0.6 is 0 Å². The molecule has 8 aromatic carbocycles. The van der Waals surface area contributed by atoms with Crippen molar-refractivity contribution in [2.24, 2.45) is 0 Å². The number of nitrogens with zero attached hydrogens (tertiary/aromatic N) is 2. The van der Waals surface area contributed by atoms with Crippen molar-refractivity contribution in [3.63, 3.8) is 0 Å². The van der Waals surface area contributed by atoms with Gasteiger partial charge in [0.25, 0.3) is 0 Å². The maximum Gasteiger partial charge on any atom is 0.138 e. The van der Waals surface area contributed by atoms with Crippen LogP contribution in [0.25, 0.3) is 77.9 Å². The van der Waals surface area contributed by atoms with Crippen molar-refractivity contribution in [1.29, 1.82) is 0 Å². The van der Waals surface area contributed by atoms with Crippen LogP contribution in [0.4, 0.5) is 17.1 Å². The second-order valence-electron chi connectivity index (χ2n) is 15.3. The van der Waals surface area contributed by atoms with E-state index in [9.17, 15) is 0 Å². The van der Waals surface area contributed by atoms with Crippen LogP contribution in [0.5, 0.6) is 0 Å². The van der Waals surface area contributed by atoms with E-state index >= 15 is 0 Å². The number of hydrogen-bond donors (Lipinski definition) is 0. The first-order chi connectivity index (χ1) is 29.5. The molecule has 0 saturated heterocycles. The Morgan fingerprint density at radius 1 is 0.583 bits per heavy atom. The van der Waals surface area contributed by atoms with Crippen molar-refractivity contribution >= 4 is 78.1 Å². The molecular formula is C57H44N2O. The molecule has 0 aliphatic carbocycles. The minimum Gasteiger partial charge on any atom is -0.456 e. The van der Waals surface area contributed by atoms with E-state index in [1.807, 2.05) is 13.0 Å². The molecule has 0 N–H and O–H groups in total. The van der Waals surface area contributed by atoms with Crippen molar-refractivity contribution in [3.05, 3.63) is 223 Å². The minimum atomic E-state index is 0.787. The molecule has 0 bridgehead atoms. The fraction of sp³-hybridized carbons (Fsp3) is 0.0526. The molecule has 288 valence electrons. The highest BCUT2D eigenvalue weighted by molar-refractivity contribution is 6.11. The van der Waals surface area contributed by atoms with Gasteiger partial charge in [0.05, 0.1) is 16.7 Å². The molecule has 60 heavy (non-hydrogen) atoms. The van der Waals surface area contributed by atoms with E-state index in [1.165, 1.54) is 60.2 Å². The van der Waals surface area contributed by atoms with E-state index < -0.39 is 0 Å². The van der Waals surface area contributed by atoms with Gasteiger partial charge in [-0.05, 0) is 126 Å². The van der Waals surface area contributed by atoms with Crippen molar-refractivity contribution < 1.29 is 4.42 Å². The second-order valence-corrected chi connectivity index (χ2v) is 15.3. The molecule has 0 aliphatic rings. The zero-order valence-electron chi connectivity index (χ0n) is 34.1. The molecule has 10 aromatic rings. The lowest BCUT2D eigenvalue weighted by Gasteiger charge is -2.27. The summed E-state index contributed by atoms with van der Waals surface area (Å²) in [6.45, 7) is 10.2. The summed E-state index contributed by atoms with van der Waals surface area (Å²) in [4.78, 5) is 2.38. The van der Waals surface area contributed by atoms with E-state index in [4.69, 9.17) is 4.42 Å². The van der Waals surface area contributed by atoms with E-state index in [1.54, 1.807) is 6.08 Å². The molecule has 3 heteroatoms. The molecule has 0 atom stereocenters. The lowest BCUT2D eigenvalue weighted by Crippen LogP contribution is -2.10. The van der Waals surface area contributed by atoms with Crippen LogP contribution in [-0.2, 0) is 0 Å². The van der Waals surface area contributed by atoms with Crippen LogP contribution < -0.4 is 4.90 Å². The second kappa shape index (κ2) is 15.3. The summed E-state index contributed by atoms with van der Waals surface area (Å²) in [7, 11) is 0. The van der Waals surface area contributed by atoms with Crippen LogP contribution in [0.3, 0.4) is 0 Å². The number of fused-ring (bicyclic) bond motifs is 5. The number of hydrogen-bond acceptors (Lipinski definition) is 2. The summed E-state index contributed by atoms with van der Waals surface area (Å²) in [6, 6.07) is 63.9. The van der Waals surface area contributed by atoms with Crippen molar-refractivity contribution in [3.8, 4) is 16.8 Å². The highest BCUT2D eigenvalue weighted by Crippen LogP contribution is 2.42. The van der Waals surface area contributed by atoms with Gasteiger partial charge in [-0.3, -0.25) is 0 Å². The molecule has 0 aliphatic heterocycles. The number of allylic oxidation sites excluding steroid dienone is 2. The number of rotatable bonds is 9. The fourth-order valence-electron chi connectivity index (χ4n) is 8.94. The van der Waals surface area contributed by atoms with Gasteiger partial charge in [-0.15, -0.1) is 0 Å². The molecule has 2 heterocycles. The summed E-state index contributed by atoms with van der Waals surface area (Å²) in [5.74, 6) is 1.65. The van der Waals surface area contributed by atoms with E-state index in [0.717, 1.165) is 50.8 Å². The summed E-state index contributed by atoms with van der Waals surface area (Å²) in [5, 5.41) is 7.27. The average Bonchev–Trinajstić information content (AvgIpc) is 3.80. The Bertz CT molecular complexity index is 3300. The molecule has 3 nitrogen and oxygen atoms in total. The standard InChI is InChI=1S/C57H44N2O/c1-5-16-49-38(4)57(60-56(49)7-3)48(6-2)40-27-31-46(32-28-40)58(53-24-15-18-39-17-11-12-21-50(39)53)47-33-29-42-35-41(25-26-43(42)36-47)44-30-34-55-52(37-44)51-22-13-14-23-54(51)59(55)45-19-9-8-10-20-45/h5-37H,3H2,1-2,4H3/b16-5-,48-6-. The number of benzene rings is 8. The van der Waals surface area contributed by atoms with Crippen molar-refractivity contribution in [2.75, 3.05) is 4.90 Å². The van der Waals surface area contributed by atoms with Gasteiger partial charge in [-0.1, -0.05) is 134 Å². The van der Waals surface area contributed by atoms with Gasteiger partial charge >= 0.3 is 0 Å². The normalized spacial score (nSPS) is 12.0. The van der Waals surface area contributed by atoms with Gasteiger partial charge in [0.2, 0.25) is 0 Å². The van der Waals surface area contributed by atoms with Crippen LogP contribution in [0.1, 0.15) is 42.1 Å². The third-order valence-corrected chi connectivity index (χ3v) is 11.8. The number of furan rings is 1. The smallest absolute Gasteiger partial charge is 0.138 e. The Kier molecular flexibility index (Phi) is 9.35. The summed E-state index contributed by atoms with van der Waals surface area (Å²) >= 11 is 0. The quantitative estimate of drug-likeness (QED) is 0.146. The third kappa shape index (κ3) is 6.23. The molecule has 0 radical (unpaired) electrons. The van der Waals surface area contributed by atoms with Gasteiger partial charge in [0, 0.05) is 49.9 Å². The topological polar surface area (TPSA) is 21.3 Å². The maximum absolute atomic E-state index is 6.40. The van der Waals surface area contributed by atoms with Gasteiger partial charge in [-0.25, -0.2) is 0 Å². The van der Waals surface area contributed by atoms with Gasteiger partial charge in [0.1, 0.15) is 11.5 Å². The maximum atomic E-state index is 6.40. The molecule has 0 saturated carbocycles. The van der Waals surface area contributed by atoms with Crippen LogP contribution in [0.15, 0.2) is 199 Å². The summed E-state index contributed by atoms with van der Waals surface area (Å²) in [6.07, 6.45) is 8.06. The minimum absolute atomic E-state index is 0.787. The monoisotopic (exact) mass is 772 g/mol.